The third-order valence-corrected chi connectivity index (χ3v) is 8.90. The van der Waals surface area contributed by atoms with Crippen LogP contribution >= 0.6 is 11.6 Å². The van der Waals surface area contributed by atoms with E-state index in [1.54, 1.807) is 79.7 Å². The van der Waals surface area contributed by atoms with Gasteiger partial charge in [-0.3, -0.25) is 19.2 Å². The number of anilines is 2. The van der Waals surface area contributed by atoms with E-state index < -0.39 is 17.2 Å². The van der Waals surface area contributed by atoms with Gasteiger partial charge in [0.05, 0.1) is 13.2 Å². The molecule has 1 fully saturated rings. The molecule has 0 spiro atoms. The first-order valence-electron chi connectivity index (χ1n) is 16.0. The second-order valence-electron chi connectivity index (χ2n) is 13.1. The first kappa shape index (κ1) is 35.9. The average molecular weight is 697 g/mol. The summed E-state index contributed by atoms with van der Waals surface area (Å²) >= 11 is 6.39. The fourth-order valence-corrected chi connectivity index (χ4v) is 5.59. The maximum Gasteiger partial charge on any atom is 0.360 e. The number of hydrogen-bond donors (Lipinski definition) is 2. The molecule has 1 unspecified atom stereocenters. The standard InChI is InChI=1S/C37H38ClN7O5/c1-22-29(18-25(32(38)33(39)46)19-30(22)41-43-42-34(47)23-6-10-27(11-7-23)37(2,3)4)26-20-31(36(49)44(5)21-26)40-28-12-8-24(9-13-28)35(48)45-14-16-50-17-15-45/h6-13,18-21,32H,14-17H2,1-5H3,(H2-,39,40,46,48)/p+1. The quantitative estimate of drug-likeness (QED) is 0.129. The number of hydrogen-bond acceptors (Lipinski definition) is 7. The Hall–Kier alpha value is -5.42. The van der Waals surface area contributed by atoms with Gasteiger partial charge in [0.2, 0.25) is 15.9 Å². The Morgan fingerprint density at radius 2 is 1.62 bits per heavy atom. The van der Waals surface area contributed by atoms with Crippen LogP contribution in [0.25, 0.3) is 11.1 Å². The number of halogens is 1. The molecule has 1 aliphatic rings. The highest BCUT2D eigenvalue weighted by Crippen LogP contribution is 2.36. The van der Waals surface area contributed by atoms with Crippen molar-refractivity contribution in [3.05, 3.63) is 111 Å². The molecule has 258 valence electrons. The van der Waals surface area contributed by atoms with E-state index in [4.69, 9.17) is 22.1 Å². The van der Waals surface area contributed by atoms with Crippen molar-refractivity contribution >= 4 is 46.4 Å². The number of aryl methyl sites for hydroxylation is 1. The molecule has 4 aromatic rings. The molecule has 1 atom stereocenters. The van der Waals surface area contributed by atoms with E-state index in [0.29, 0.717) is 71.1 Å². The molecule has 0 bridgehead atoms. The summed E-state index contributed by atoms with van der Waals surface area (Å²) in [6.07, 6.45) is 1.65. The van der Waals surface area contributed by atoms with Crippen molar-refractivity contribution in [2.75, 3.05) is 31.6 Å². The molecule has 3 amide bonds. The maximum atomic E-state index is 13.2. The van der Waals surface area contributed by atoms with Gasteiger partial charge in [-0.05, 0) is 89.2 Å². The van der Waals surface area contributed by atoms with Gasteiger partial charge < -0.3 is 25.3 Å². The molecule has 1 aliphatic heterocycles. The molecule has 3 N–H and O–H groups in total. The third-order valence-electron chi connectivity index (χ3n) is 8.43. The van der Waals surface area contributed by atoms with Crippen LogP contribution in [0.5, 0.6) is 0 Å². The summed E-state index contributed by atoms with van der Waals surface area (Å²) < 4.78 is 6.76. The molecule has 12 nitrogen and oxygen atoms in total. The topological polar surface area (TPSA) is 163 Å². The minimum absolute atomic E-state index is 0.0673. The van der Waals surface area contributed by atoms with E-state index in [1.165, 1.54) is 4.57 Å². The van der Waals surface area contributed by atoms with Gasteiger partial charge in [0, 0.05) is 48.7 Å². The summed E-state index contributed by atoms with van der Waals surface area (Å²) in [5.41, 5.74) is 10.5. The molecule has 5 rings (SSSR count). The highest BCUT2D eigenvalue weighted by Gasteiger charge is 2.22. The minimum atomic E-state index is -1.19. The molecule has 0 radical (unpaired) electrons. The zero-order chi connectivity index (χ0) is 36.2. The largest absolute Gasteiger partial charge is 0.378 e. The van der Waals surface area contributed by atoms with Gasteiger partial charge in [0.1, 0.15) is 11.1 Å². The molecule has 2 heterocycles. The first-order chi connectivity index (χ1) is 23.7. The molecule has 1 aromatic heterocycles. The summed E-state index contributed by atoms with van der Waals surface area (Å²) in [4.78, 5) is 56.5. The number of aromatic nitrogens is 1. The number of pyridine rings is 1. The number of primary amides is 1. The van der Waals surface area contributed by atoms with Gasteiger partial charge in [-0.1, -0.05) is 32.9 Å². The van der Waals surface area contributed by atoms with Gasteiger partial charge in [0.25, 0.3) is 11.5 Å². The fraction of sp³-hybridized carbons (Fsp3) is 0.297. The second-order valence-corrected chi connectivity index (χ2v) is 13.5. The summed E-state index contributed by atoms with van der Waals surface area (Å²) in [6, 6.07) is 19.0. The Morgan fingerprint density at radius 3 is 2.24 bits per heavy atom. The monoisotopic (exact) mass is 696 g/mol. The lowest BCUT2D eigenvalue weighted by Gasteiger charge is -2.26. The van der Waals surface area contributed by atoms with Crippen LogP contribution in [0, 0.1) is 6.92 Å². The number of alkyl halides is 1. The normalized spacial score (nSPS) is 13.6. The highest BCUT2D eigenvalue weighted by molar-refractivity contribution is 6.30. The van der Waals surface area contributed by atoms with Crippen LogP contribution < -0.4 is 21.5 Å². The van der Waals surface area contributed by atoms with Crippen LogP contribution in [0.3, 0.4) is 0 Å². The number of carbonyl (C=O) groups is 3. The zero-order valence-corrected chi connectivity index (χ0v) is 29.3. The Bertz CT molecular complexity index is 2060. The molecular weight excluding hydrogens is 658 g/mol. The van der Waals surface area contributed by atoms with Gasteiger partial charge in [-0.25, -0.2) is 0 Å². The highest BCUT2D eigenvalue weighted by atomic mass is 35.5. The van der Waals surface area contributed by atoms with Gasteiger partial charge in [0.15, 0.2) is 10.8 Å². The lowest BCUT2D eigenvalue weighted by Crippen LogP contribution is -2.40. The number of nitrogens with two attached hydrogens (primary N) is 1. The van der Waals surface area contributed by atoms with Gasteiger partial charge >= 0.3 is 5.91 Å². The summed E-state index contributed by atoms with van der Waals surface area (Å²) in [7, 11) is 1.62. The number of nitrogens with one attached hydrogen (secondary N) is 1. The van der Waals surface area contributed by atoms with Gasteiger partial charge in [-0.15, -0.1) is 11.6 Å². The maximum absolute atomic E-state index is 13.2. The Labute approximate surface area is 294 Å². The van der Waals surface area contributed by atoms with Crippen molar-refractivity contribution in [3.8, 4) is 11.1 Å². The van der Waals surface area contributed by atoms with Crippen molar-refractivity contribution in [3.63, 3.8) is 0 Å². The van der Waals surface area contributed by atoms with Crippen LogP contribution in [0.2, 0.25) is 0 Å². The summed E-state index contributed by atoms with van der Waals surface area (Å²) in [5.74, 6) is -1.41. The molecular formula is C37H39ClN7O5+. The van der Waals surface area contributed by atoms with Crippen molar-refractivity contribution in [2.24, 2.45) is 23.0 Å². The number of rotatable bonds is 8. The van der Waals surface area contributed by atoms with Gasteiger partial charge in [-0.2, -0.15) is 0 Å². The SMILES string of the molecule is Cc1c(N=[N+]=NC(=O)c2ccc(C(C)(C)C)cc2)cc(C(Cl)C(N)=O)cc1-c1cc(Nc2ccc(C(=O)N3CCOCC3)cc2)c(=O)n(C)c1. The van der Waals surface area contributed by atoms with Crippen molar-refractivity contribution in [1.29, 1.82) is 0 Å². The van der Waals surface area contributed by atoms with E-state index in [-0.39, 0.29) is 22.6 Å². The van der Waals surface area contributed by atoms with Crippen LogP contribution in [-0.4, -0.2) is 53.5 Å². The molecule has 0 aliphatic carbocycles. The number of amides is 3. The molecule has 0 saturated carbocycles. The van der Waals surface area contributed by atoms with E-state index in [0.717, 1.165) is 5.56 Å². The van der Waals surface area contributed by atoms with Crippen molar-refractivity contribution < 1.29 is 19.1 Å². The first-order valence-corrected chi connectivity index (χ1v) is 16.5. The molecule has 50 heavy (non-hydrogen) atoms. The number of benzene rings is 3. The lowest BCUT2D eigenvalue weighted by atomic mass is 9.87. The Balaban J connectivity index is 1.46. The van der Waals surface area contributed by atoms with E-state index >= 15 is 0 Å². The lowest BCUT2D eigenvalue weighted by molar-refractivity contribution is -0.117. The van der Waals surface area contributed by atoms with E-state index in [2.05, 4.69) is 41.2 Å². The zero-order valence-electron chi connectivity index (χ0n) is 28.6. The van der Waals surface area contributed by atoms with Crippen LogP contribution in [0.15, 0.2) is 87.9 Å². The number of ether oxygens (including phenoxy) is 1. The molecule has 3 aromatic carbocycles. The van der Waals surface area contributed by atoms with Crippen molar-refractivity contribution in [2.45, 2.75) is 38.5 Å². The summed E-state index contributed by atoms with van der Waals surface area (Å²) in [6.45, 7) is 10.1. The smallest absolute Gasteiger partial charge is 0.360 e. The summed E-state index contributed by atoms with van der Waals surface area (Å²) in [5, 5.41) is 9.95. The fourth-order valence-electron chi connectivity index (χ4n) is 5.47. The number of morpholine rings is 1. The van der Waals surface area contributed by atoms with E-state index in [9.17, 15) is 19.2 Å². The molecule has 1 saturated heterocycles. The Morgan fingerprint density at radius 1 is 0.980 bits per heavy atom. The number of nitrogens with zero attached hydrogens (tertiary/aromatic N) is 5. The predicted molar refractivity (Wildman–Crippen MR) is 192 cm³/mol. The second kappa shape index (κ2) is 15.0. The average Bonchev–Trinajstić information content (AvgIpc) is 3.10. The van der Waals surface area contributed by atoms with Crippen LogP contribution in [0.4, 0.5) is 17.1 Å². The molecule has 13 heteroatoms. The predicted octanol–water partition coefficient (Wildman–Crippen LogP) is 6.08. The number of carbonyl (C=O) groups excluding carboxylic acids is 3. The van der Waals surface area contributed by atoms with Crippen LogP contribution in [-0.2, 0) is 22.0 Å². The minimum Gasteiger partial charge on any atom is -0.378 e. The Kier molecular flexibility index (Phi) is 10.8. The van der Waals surface area contributed by atoms with Crippen molar-refractivity contribution in [1.82, 2.24) is 14.4 Å². The van der Waals surface area contributed by atoms with Crippen LogP contribution in [0.1, 0.15) is 63.6 Å². The van der Waals surface area contributed by atoms with E-state index in [1.807, 2.05) is 12.1 Å². The third kappa shape index (κ3) is 8.23.